The zero-order valence-electron chi connectivity index (χ0n) is 43.6. The summed E-state index contributed by atoms with van der Waals surface area (Å²) < 4.78 is 33.5. The minimum absolute atomic E-state index is 0.00503. The van der Waals surface area contributed by atoms with E-state index in [9.17, 15) is 19.2 Å². The number of pyridine rings is 2. The van der Waals surface area contributed by atoms with Crippen LogP contribution in [-0.2, 0) is 59.7 Å². The predicted octanol–water partition coefficient (Wildman–Crippen LogP) is 10.9. The van der Waals surface area contributed by atoms with Crippen LogP contribution in [0, 0.1) is 0 Å². The molecule has 12 heteroatoms. The maximum Gasteiger partial charge on any atom is 0.306 e. The fourth-order valence-electron chi connectivity index (χ4n) is 8.01. The molecule has 0 aliphatic rings. The van der Waals surface area contributed by atoms with Crippen LogP contribution in [0.3, 0.4) is 0 Å². The highest BCUT2D eigenvalue weighted by Gasteiger charge is 2.35. The molecule has 2 aromatic heterocycles. The largest absolute Gasteiger partial charge is 0.489 e. The minimum atomic E-state index is -1.05. The summed E-state index contributed by atoms with van der Waals surface area (Å²) in [6.45, 7) is 18.5. The third kappa shape index (κ3) is 21.5. The van der Waals surface area contributed by atoms with Crippen molar-refractivity contribution in [3.63, 3.8) is 0 Å². The summed E-state index contributed by atoms with van der Waals surface area (Å²) >= 11 is 0. The highest BCUT2D eigenvalue weighted by atomic mass is 16.6. The first-order chi connectivity index (χ1) is 33.6. The second-order valence-corrected chi connectivity index (χ2v) is 21.3. The van der Waals surface area contributed by atoms with Crippen LogP contribution < -0.4 is 23.9 Å². The van der Waals surface area contributed by atoms with Gasteiger partial charge < -0.3 is 29.0 Å². The summed E-state index contributed by atoms with van der Waals surface area (Å²) in [6.07, 6.45) is 11.4. The average Bonchev–Trinajstić information content (AvgIpc) is 3.30. The number of nitrogens with one attached hydrogen (secondary N) is 1. The van der Waals surface area contributed by atoms with Gasteiger partial charge in [-0.1, -0.05) is 60.7 Å². The van der Waals surface area contributed by atoms with Crippen molar-refractivity contribution in [3.8, 4) is 22.6 Å². The number of rotatable bonds is 25. The molecule has 5 rings (SSSR count). The van der Waals surface area contributed by atoms with Crippen LogP contribution in [0.1, 0.15) is 143 Å². The number of nitrogens with zero attached hydrogens (tertiary/aromatic N) is 2. The molecule has 0 aliphatic heterocycles. The van der Waals surface area contributed by atoms with Gasteiger partial charge in [0.15, 0.2) is 31.3 Å². The van der Waals surface area contributed by atoms with E-state index >= 15 is 0 Å². The molecular weight excluding hydrogens is 895 g/mol. The van der Waals surface area contributed by atoms with Crippen molar-refractivity contribution in [2.24, 2.45) is 0 Å². The molecule has 0 saturated carbocycles. The zero-order chi connectivity index (χ0) is 51.5. The fourth-order valence-corrected chi connectivity index (χ4v) is 8.01. The Kier molecular flexibility index (Phi) is 20.3. The third-order valence-corrected chi connectivity index (χ3v) is 11.3. The normalized spacial score (nSPS) is 11.9. The Morgan fingerprint density at radius 3 is 1.28 bits per heavy atom. The van der Waals surface area contributed by atoms with Gasteiger partial charge in [0.05, 0.1) is 0 Å². The van der Waals surface area contributed by atoms with Crippen LogP contribution in [0.25, 0.3) is 11.1 Å². The number of carbonyl (C=O) groups is 4. The quantitative estimate of drug-likeness (QED) is 0.0262. The first kappa shape index (κ1) is 55.4. The summed E-state index contributed by atoms with van der Waals surface area (Å²) in [5.74, 6) is 0.0268. The Hall–Kier alpha value is -6.56. The number of esters is 3. The van der Waals surface area contributed by atoms with Gasteiger partial charge in [0.1, 0.15) is 48.1 Å². The lowest BCUT2D eigenvalue weighted by Crippen LogP contribution is -2.50. The lowest BCUT2D eigenvalue weighted by Gasteiger charge is -2.36. The lowest BCUT2D eigenvalue weighted by atomic mass is 9.83. The van der Waals surface area contributed by atoms with Crippen molar-refractivity contribution < 1.29 is 52.0 Å². The Morgan fingerprint density at radius 1 is 0.465 bits per heavy atom. The molecule has 12 nitrogen and oxygen atoms in total. The molecule has 0 atom stereocenters. The van der Waals surface area contributed by atoms with Gasteiger partial charge in [-0.05, 0) is 129 Å². The van der Waals surface area contributed by atoms with Gasteiger partial charge in [-0.3, -0.25) is 19.2 Å². The first-order valence-corrected chi connectivity index (χ1v) is 25.0. The number of hydrogen-bond acceptors (Lipinski definition) is 9. The van der Waals surface area contributed by atoms with E-state index in [1.807, 2.05) is 42.5 Å². The summed E-state index contributed by atoms with van der Waals surface area (Å²) in [7, 11) is 0. The van der Waals surface area contributed by atoms with Crippen molar-refractivity contribution in [2.45, 2.75) is 175 Å². The highest BCUT2D eigenvalue weighted by molar-refractivity contribution is 5.78. The number of unbranched alkanes of at least 4 members (excludes halogenated alkanes) is 2. The fraction of sp³-hybridized carbons (Fsp3) is 0.458. The molecule has 5 aromatic rings. The zero-order valence-corrected chi connectivity index (χ0v) is 43.6. The SMILES string of the molecule is CC(C)(C)OC(=O)CCC(CCC(=O)OC(C)(C)C)(CCC(=O)OC(C)(C)C)NC(=O)CCCCC[n+]1ccc(-c2cc[n+](Cc3cc(OCc4ccccc4)cc(OCc4ccccc4)c3)cc2)cc1. The Morgan fingerprint density at radius 2 is 0.873 bits per heavy atom. The Balaban J connectivity index is 1.15. The monoisotopic (exact) mass is 972 g/mol. The molecule has 0 saturated heterocycles. The molecule has 3 aromatic carbocycles. The standard InChI is InChI=1S/C59H76N3O9/c1-56(2,3)69-53(64)24-31-59(32-25-54(65)70-57(4,5)6,33-26-55(66)71-58(7,8)9)60-52(63)23-17-12-18-34-61-35-27-48(28-36-61)49-29-37-62(38-30-49)42-47-39-50(67-43-45-19-13-10-14-20-45)41-51(40-47)68-44-46-21-15-11-16-22-46/h10-11,13-16,19-22,27-30,35-41H,12,17-18,23-26,31-34,42-44H2,1-9H3/q+1/p+1. The maximum absolute atomic E-state index is 13.7. The van der Waals surface area contributed by atoms with Crippen LogP contribution in [-0.4, -0.2) is 46.2 Å². The summed E-state index contributed by atoms with van der Waals surface area (Å²) in [5, 5.41) is 3.18. The van der Waals surface area contributed by atoms with Crippen molar-refractivity contribution in [3.05, 3.63) is 145 Å². The molecule has 1 N–H and O–H groups in total. The maximum atomic E-state index is 13.7. The molecular formula is C59H77N3O9+2. The van der Waals surface area contributed by atoms with Crippen molar-refractivity contribution in [2.75, 3.05) is 0 Å². The number of carbonyl (C=O) groups excluding carboxylic acids is 4. The molecule has 0 radical (unpaired) electrons. The number of ether oxygens (including phenoxy) is 5. The Bertz CT molecular complexity index is 2310. The van der Waals surface area contributed by atoms with E-state index in [1.165, 1.54) is 0 Å². The molecule has 2 heterocycles. The van der Waals surface area contributed by atoms with Crippen molar-refractivity contribution >= 4 is 23.8 Å². The number of aromatic nitrogens is 2. The predicted molar refractivity (Wildman–Crippen MR) is 274 cm³/mol. The molecule has 0 spiro atoms. The lowest BCUT2D eigenvalue weighted by molar-refractivity contribution is -0.697. The first-order valence-electron chi connectivity index (χ1n) is 25.0. The topological polar surface area (TPSA) is 134 Å². The molecule has 0 fully saturated rings. The highest BCUT2D eigenvalue weighted by Crippen LogP contribution is 2.30. The second-order valence-electron chi connectivity index (χ2n) is 21.3. The average molecular weight is 972 g/mol. The van der Waals surface area contributed by atoms with E-state index in [4.69, 9.17) is 23.7 Å². The number of benzene rings is 3. The van der Waals surface area contributed by atoms with Crippen LogP contribution >= 0.6 is 0 Å². The van der Waals surface area contributed by atoms with E-state index in [1.54, 1.807) is 62.3 Å². The molecule has 71 heavy (non-hydrogen) atoms. The van der Waals surface area contributed by atoms with Gasteiger partial charge in [-0.25, -0.2) is 9.13 Å². The van der Waals surface area contributed by atoms with E-state index in [0.717, 1.165) is 58.7 Å². The van der Waals surface area contributed by atoms with E-state index in [-0.39, 0.29) is 50.9 Å². The van der Waals surface area contributed by atoms with Crippen LogP contribution in [0.2, 0.25) is 0 Å². The minimum Gasteiger partial charge on any atom is -0.489 e. The summed E-state index contributed by atoms with van der Waals surface area (Å²) in [4.78, 5) is 52.5. The van der Waals surface area contributed by atoms with Gasteiger partial charge in [0.25, 0.3) is 0 Å². The van der Waals surface area contributed by atoms with Gasteiger partial charge in [-0.2, -0.15) is 0 Å². The molecule has 0 unspecified atom stereocenters. The number of amides is 1. The van der Waals surface area contributed by atoms with Crippen molar-refractivity contribution in [1.29, 1.82) is 0 Å². The smallest absolute Gasteiger partial charge is 0.306 e. The van der Waals surface area contributed by atoms with Crippen LogP contribution in [0.15, 0.2) is 128 Å². The van der Waals surface area contributed by atoms with Crippen LogP contribution in [0.5, 0.6) is 11.5 Å². The van der Waals surface area contributed by atoms with Gasteiger partial charge in [0, 0.05) is 73.5 Å². The summed E-state index contributed by atoms with van der Waals surface area (Å²) in [5.41, 5.74) is 2.33. The summed E-state index contributed by atoms with van der Waals surface area (Å²) in [6, 6.07) is 34.8. The number of hydrogen-bond donors (Lipinski definition) is 1. The Labute approximate surface area is 422 Å². The van der Waals surface area contributed by atoms with Crippen molar-refractivity contribution in [1.82, 2.24) is 5.32 Å². The molecule has 380 valence electrons. The third-order valence-electron chi connectivity index (χ3n) is 11.3. The molecule has 0 aliphatic carbocycles. The van der Waals surface area contributed by atoms with E-state index in [0.29, 0.717) is 26.2 Å². The number of aryl methyl sites for hydroxylation is 1. The van der Waals surface area contributed by atoms with Gasteiger partial charge in [-0.15, -0.1) is 0 Å². The van der Waals surface area contributed by atoms with Gasteiger partial charge in [0.2, 0.25) is 5.91 Å². The van der Waals surface area contributed by atoms with E-state index in [2.05, 4.69) is 99.9 Å². The van der Waals surface area contributed by atoms with E-state index < -0.39 is 40.2 Å². The molecule has 1 amide bonds. The second kappa shape index (κ2) is 26.1. The molecule has 0 bridgehead atoms. The van der Waals surface area contributed by atoms with Crippen LogP contribution in [0.4, 0.5) is 0 Å². The van der Waals surface area contributed by atoms with Gasteiger partial charge >= 0.3 is 17.9 Å².